The number of hydrogen-bond acceptors (Lipinski definition) is 5. The van der Waals surface area contributed by atoms with Gasteiger partial charge in [-0.1, -0.05) is 28.9 Å². The molecule has 154 valence electrons. The van der Waals surface area contributed by atoms with Gasteiger partial charge in [0.15, 0.2) is 5.96 Å². The Balaban J connectivity index is 0.00000240. The van der Waals surface area contributed by atoms with Crippen molar-refractivity contribution in [2.45, 2.75) is 18.9 Å². The highest BCUT2D eigenvalue weighted by molar-refractivity contribution is 14.0. The van der Waals surface area contributed by atoms with Crippen LogP contribution < -0.4 is 5.32 Å². The Hall–Kier alpha value is -2.14. The van der Waals surface area contributed by atoms with Crippen molar-refractivity contribution in [2.24, 2.45) is 12.0 Å². The molecule has 1 fully saturated rings. The van der Waals surface area contributed by atoms with Crippen LogP contribution in [0.15, 0.2) is 46.2 Å². The Morgan fingerprint density at radius 3 is 3.00 bits per heavy atom. The highest BCUT2D eigenvalue weighted by atomic mass is 127. The number of rotatable bonds is 4. The molecule has 1 aromatic carbocycles. The van der Waals surface area contributed by atoms with Crippen molar-refractivity contribution < 1.29 is 4.52 Å². The zero-order valence-corrected chi connectivity index (χ0v) is 19.3. The van der Waals surface area contributed by atoms with Gasteiger partial charge < -0.3 is 14.7 Å². The molecule has 1 aliphatic rings. The molecule has 0 radical (unpaired) electrons. The van der Waals surface area contributed by atoms with E-state index in [9.17, 15) is 0 Å². The molecule has 4 rings (SSSR count). The van der Waals surface area contributed by atoms with E-state index in [1.807, 2.05) is 42.2 Å². The lowest BCUT2D eigenvalue weighted by molar-refractivity contribution is 0.372. The number of benzene rings is 1. The predicted octanol–water partition coefficient (Wildman–Crippen LogP) is 3.31. The third kappa shape index (κ3) is 5.08. The number of guanidine groups is 1. The smallest absolute Gasteiger partial charge is 0.246 e. The van der Waals surface area contributed by atoms with Crippen molar-refractivity contribution >= 4 is 41.5 Å². The molecule has 0 saturated carbocycles. The largest absolute Gasteiger partial charge is 0.347 e. The van der Waals surface area contributed by atoms with E-state index in [1.54, 1.807) is 7.05 Å². The third-order valence-corrected chi connectivity index (χ3v) is 5.08. The van der Waals surface area contributed by atoms with Crippen LogP contribution in [0.4, 0.5) is 0 Å². The van der Waals surface area contributed by atoms with E-state index >= 15 is 0 Å². The van der Waals surface area contributed by atoms with Gasteiger partial charge in [-0.25, -0.2) is 0 Å². The summed E-state index contributed by atoms with van der Waals surface area (Å²) in [5.41, 5.74) is 2.09. The highest BCUT2D eigenvalue weighted by Gasteiger charge is 2.27. The standard InChI is InChI=1S/C19H22ClN7O.HI/c1-21-19(27-7-6-14(12-27)15-9-23-26(2)11-15)22-10-17-24-18(25-28-17)13-4-3-5-16(20)8-13;/h3-5,8-9,11,14H,6-7,10,12H2,1-2H3,(H,21,22);1H. The molecule has 1 atom stereocenters. The second-order valence-electron chi connectivity index (χ2n) is 6.80. The monoisotopic (exact) mass is 527 g/mol. The zero-order valence-electron chi connectivity index (χ0n) is 16.2. The molecule has 0 spiro atoms. The van der Waals surface area contributed by atoms with Crippen LogP contribution in [0.25, 0.3) is 11.4 Å². The number of aromatic nitrogens is 4. The van der Waals surface area contributed by atoms with Crippen molar-refractivity contribution in [2.75, 3.05) is 20.1 Å². The fourth-order valence-electron chi connectivity index (χ4n) is 3.43. The van der Waals surface area contributed by atoms with Gasteiger partial charge in [0, 0.05) is 49.9 Å². The van der Waals surface area contributed by atoms with E-state index in [-0.39, 0.29) is 24.0 Å². The second-order valence-corrected chi connectivity index (χ2v) is 7.24. The number of hydrogen-bond donors (Lipinski definition) is 1. The van der Waals surface area contributed by atoms with Crippen molar-refractivity contribution in [1.29, 1.82) is 0 Å². The van der Waals surface area contributed by atoms with Crippen LogP contribution in [0.2, 0.25) is 5.02 Å². The molecule has 29 heavy (non-hydrogen) atoms. The van der Waals surface area contributed by atoms with Crippen LogP contribution in [0.5, 0.6) is 0 Å². The molecule has 3 aromatic rings. The quantitative estimate of drug-likeness (QED) is 0.318. The van der Waals surface area contributed by atoms with Crippen LogP contribution in [0, 0.1) is 0 Å². The zero-order chi connectivity index (χ0) is 19.5. The summed E-state index contributed by atoms with van der Waals surface area (Å²) in [6.07, 6.45) is 5.10. The van der Waals surface area contributed by atoms with Gasteiger partial charge in [-0.2, -0.15) is 10.1 Å². The van der Waals surface area contributed by atoms with Gasteiger partial charge in [0.25, 0.3) is 0 Å². The van der Waals surface area contributed by atoms with E-state index in [1.165, 1.54) is 5.56 Å². The van der Waals surface area contributed by atoms with Gasteiger partial charge >= 0.3 is 0 Å². The van der Waals surface area contributed by atoms with Crippen molar-refractivity contribution in [3.8, 4) is 11.4 Å². The maximum atomic E-state index is 6.03. The fourth-order valence-corrected chi connectivity index (χ4v) is 3.62. The molecule has 2 aromatic heterocycles. The Bertz CT molecular complexity index is 986. The first-order valence-corrected chi connectivity index (χ1v) is 9.53. The molecule has 0 bridgehead atoms. The van der Waals surface area contributed by atoms with E-state index < -0.39 is 0 Å². The van der Waals surface area contributed by atoms with Crippen LogP contribution in [-0.4, -0.2) is 50.9 Å². The second kappa shape index (κ2) is 9.57. The van der Waals surface area contributed by atoms with E-state index in [2.05, 4.69) is 36.6 Å². The average molecular weight is 528 g/mol. The lowest BCUT2D eigenvalue weighted by atomic mass is 10.0. The Morgan fingerprint density at radius 2 is 2.28 bits per heavy atom. The predicted molar refractivity (Wildman–Crippen MR) is 122 cm³/mol. The van der Waals surface area contributed by atoms with Crippen LogP contribution >= 0.6 is 35.6 Å². The maximum absolute atomic E-state index is 6.03. The lowest BCUT2D eigenvalue weighted by Gasteiger charge is -2.20. The molecule has 0 amide bonds. The van der Waals surface area contributed by atoms with Crippen LogP contribution in [-0.2, 0) is 13.6 Å². The molecule has 1 unspecified atom stereocenters. The summed E-state index contributed by atoms with van der Waals surface area (Å²) in [5.74, 6) is 2.31. The number of aliphatic imine (C=N–C) groups is 1. The lowest BCUT2D eigenvalue weighted by Crippen LogP contribution is -2.39. The number of likely N-dealkylation sites (tertiary alicyclic amines) is 1. The van der Waals surface area contributed by atoms with Crippen molar-refractivity contribution in [1.82, 2.24) is 30.1 Å². The van der Waals surface area contributed by atoms with Gasteiger partial charge in [-0.15, -0.1) is 24.0 Å². The summed E-state index contributed by atoms with van der Waals surface area (Å²) < 4.78 is 7.20. The molecule has 8 nitrogen and oxygen atoms in total. The molecule has 10 heteroatoms. The average Bonchev–Trinajstić information content (AvgIpc) is 3.43. The Morgan fingerprint density at radius 1 is 1.41 bits per heavy atom. The van der Waals surface area contributed by atoms with Gasteiger partial charge in [0.05, 0.1) is 12.7 Å². The summed E-state index contributed by atoms with van der Waals surface area (Å²) in [6, 6.07) is 7.38. The minimum Gasteiger partial charge on any atom is -0.347 e. The molecular weight excluding hydrogens is 505 g/mol. The number of nitrogens with zero attached hydrogens (tertiary/aromatic N) is 6. The van der Waals surface area contributed by atoms with Crippen LogP contribution in [0.3, 0.4) is 0 Å². The summed E-state index contributed by atoms with van der Waals surface area (Å²) in [4.78, 5) is 11.1. The normalized spacial score (nSPS) is 16.7. The van der Waals surface area contributed by atoms with E-state index in [4.69, 9.17) is 16.1 Å². The minimum atomic E-state index is 0. The van der Waals surface area contributed by atoms with E-state index in [0.29, 0.717) is 29.2 Å². The first-order chi connectivity index (χ1) is 13.6. The Kier molecular flexibility index (Phi) is 7.12. The topological polar surface area (TPSA) is 84.4 Å². The fraction of sp³-hybridized carbons (Fsp3) is 0.368. The highest BCUT2D eigenvalue weighted by Crippen LogP contribution is 2.26. The van der Waals surface area contributed by atoms with Gasteiger partial charge in [-0.3, -0.25) is 9.67 Å². The summed E-state index contributed by atoms with van der Waals surface area (Å²) in [7, 11) is 3.73. The summed E-state index contributed by atoms with van der Waals surface area (Å²) >= 11 is 6.03. The summed E-state index contributed by atoms with van der Waals surface area (Å²) in [5, 5.41) is 12.3. The molecule has 0 aliphatic carbocycles. The first kappa shape index (κ1) is 21.6. The molecule has 3 heterocycles. The molecule has 1 aliphatic heterocycles. The molecular formula is C19H23ClIN7O. The number of nitrogens with one attached hydrogen (secondary N) is 1. The molecule has 1 saturated heterocycles. The van der Waals surface area contributed by atoms with Crippen LogP contribution in [0.1, 0.15) is 23.8 Å². The maximum Gasteiger partial charge on any atom is 0.246 e. The van der Waals surface area contributed by atoms with E-state index in [0.717, 1.165) is 31.0 Å². The minimum absolute atomic E-state index is 0. The van der Waals surface area contributed by atoms with Gasteiger partial charge in [0.2, 0.25) is 11.7 Å². The SMILES string of the molecule is CN=C(NCc1nc(-c2cccc(Cl)c2)no1)N1CCC(c2cnn(C)c2)C1.I. The summed E-state index contributed by atoms with van der Waals surface area (Å²) in [6.45, 7) is 2.26. The third-order valence-electron chi connectivity index (χ3n) is 4.84. The van der Waals surface area contributed by atoms with Crippen molar-refractivity contribution in [3.63, 3.8) is 0 Å². The first-order valence-electron chi connectivity index (χ1n) is 9.15. The Labute approximate surface area is 191 Å². The van der Waals surface area contributed by atoms with Gasteiger partial charge in [0.1, 0.15) is 0 Å². The van der Waals surface area contributed by atoms with Gasteiger partial charge in [-0.05, 0) is 24.1 Å². The van der Waals surface area contributed by atoms with Crippen molar-refractivity contribution in [3.05, 3.63) is 53.1 Å². The molecule has 1 N–H and O–H groups in total. The number of halogens is 2. The number of aryl methyl sites for hydroxylation is 1.